The van der Waals surface area contributed by atoms with Gasteiger partial charge in [0.25, 0.3) is 0 Å². The van der Waals surface area contributed by atoms with E-state index in [0.717, 1.165) is 12.8 Å². The van der Waals surface area contributed by atoms with Crippen molar-refractivity contribution in [3.8, 4) is 0 Å². The molecule has 60 valence electrons. The molecule has 0 rings (SSSR count). The van der Waals surface area contributed by atoms with Gasteiger partial charge in [-0.2, -0.15) is 0 Å². The van der Waals surface area contributed by atoms with E-state index in [9.17, 15) is 5.21 Å². The number of nitrogens with zero attached hydrogens (tertiary/aromatic N) is 3. The van der Waals surface area contributed by atoms with Crippen molar-refractivity contribution in [1.82, 2.24) is 5.01 Å². The zero-order valence-electron chi connectivity index (χ0n) is 6.32. The van der Waals surface area contributed by atoms with E-state index in [1.165, 1.54) is 5.01 Å². The van der Waals surface area contributed by atoms with Gasteiger partial charge in [0.1, 0.15) is 0 Å². The minimum atomic E-state index is 0.162. The fraction of sp³-hybridized carbons (Fsp3) is 1.00. The number of hydrogen-bond acceptors (Lipinski definition) is 2. The summed E-state index contributed by atoms with van der Waals surface area (Å²) < 4.78 is 0. The topological polar surface area (TPSA) is 61.9 Å². The Labute approximate surface area is 60.1 Å². The van der Waals surface area contributed by atoms with Gasteiger partial charge in [0.05, 0.1) is 18.6 Å². The SMILES string of the molecule is CCCCN(C)/[N+]([O-])=N\O. The van der Waals surface area contributed by atoms with Crippen LogP contribution < -0.4 is 0 Å². The first-order valence-electron chi connectivity index (χ1n) is 3.25. The van der Waals surface area contributed by atoms with Crippen LogP contribution in [-0.2, 0) is 0 Å². The molecule has 0 aliphatic heterocycles. The van der Waals surface area contributed by atoms with Crippen molar-refractivity contribution in [2.75, 3.05) is 13.6 Å². The molecule has 0 heterocycles. The average molecular weight is 147 g/mol. The highest BCUT2D eigenvalue weighted by atomic mass is 16.6. The summed E-state index contributed by atoms with van der Waals surface area (Å²) in [6.45, 7) is 2.64. The van der Waals surface area contributed by atoms with E-state index in [0.29, 0.717) is 6.54 Å². The Morgan fingerprint density at radius 2 is 2.30 bits per heavy atom. The molecule has 0 aromatic heterocycles. The van der Waals surface area contributed by atoms with Crippen molar-refractivity contribution in [3.05, 3.63) is 5.21 Å². The Balaban J connectivity index is 3.51. The molecule has 0 atom stereocenters. The van der Waals surface area contributed by atoms with Gasteiger partial charge in [-0.15, -0.1) is 5.01 Å². The van der Waals surface area contributed by atoms with Gasteiger partial charge in [-0.3, -0.25) is 0 Å². The fourth-order valence-electron chi connectivity index (χ4n) is 0.541. The lowest BCUT2D eigenvalue weighted by molar-refractivity contribution is -0.704. The number of hydrogen-bond donors (Lipinski definition) is 1. The third-order valence-electron chi connectivity index (χ3n) is 1.20. The predicted molar refractivity (Wildman–Crippen MR) is 35.4 cm³/mol. The molecule has 0 radical (unpaired) electrons. The second-order valence-electron chi connectivity index (χ2n) is 2.08. The molecular weight excluding hydrogens is 134 g/mol. The summed E-state index contributed by atoms with van der Waals surface area (Å²) in [6, 6.07) is 0. The Hall–Kier alpha value is -1.00. The first-order chi connectivity index (χ1) is 4.72. The first kappa shape index (κ1) is 9.00. The van der Waals surface area contributed by atoms with E-state index in [4.69, 9.17) is 5.21 Å². The lowest BCUT2D eigenvalue weighted by Gasteiger charge is -2.10. The Morgan fingerprint density at radius 3 is 2.70 bits per heavy atom. The minimum absolute atomic E-state index is 0.162. The van der Waals surface area contributed by atoms with E-state index in [-0.39, 0.29) is 4.97 Å². The van der Waals surface area contributed by atoms with Gasteiger partial charge in [0, 0.05) is 0 Å². The fourth-order valence-corrected chi connectivity index (χ4v) is 0.541. The van der Waals surface area contributed by atoms with Gasteiger partial charge in [-0.25, -0.2) is 0 Å². The molecule has 0 spiro atoms. The molecule has 0 bridgehead atoms. The van der Waals surface area contributed by atoms with E-state index in [1.54, 1.807) is 7.05 Å². The maximum absolute atomic E-state index is 10.4. The van der Waals surface area contributed by atoms with Crippen LogP contribution in [0, 0.1) is 5.21 Å². The van der Waals surface area contributed by atoms with Crippen LogP contribution in [0.15, 0.2) is 5.28 Å². The highest BCUT2D eigenvalue weighted by molar-refractivity contribution is 4.35. The summed E-state index contributed by atoms with van der Waals surface area (Å²) in [4.78, 5) is 0.162. The van der Waals surface area contributed by atoms with E-state index in [1.807, 2.05) is 6.92 Å². The van der Waals surface area contributed by atoms with Crippen molar-refractivity contribution in [2.45, 2.75) is 19.8 Å². The molecule has 5 heteroatoms. The second-order valence-corrected chi connectivity index (χ2v) is 2.08. The van der Waals surface area contributed by atoms with Crippen LogP contribution >= 0.6 is 0 Å². The van der Waals surface area contributed by atoms with Crippen molar-refractivity contribution >= 4 is 0 Å². The molecular formula is C5H13N3O2. The molecule has 1 N–H and O–H groups in total. The van der Waals surface area contributed by atoms with Gasteiger partial charge >= 0.3 is 0 Å². The van der Waals surface area contributed by atoms with Crippen LogP contribution in [-0.4, -0.2) is 28.8 Å². The van der Waals surface area contributed by atoms with Crippen LogP contribution in [0.25, 0.3) is 0 Å². The van der Waals surface area contributed by atoms with Crippen molar-refractivity contribution in [2.24, 2.45) is 5.28 Å². The van der Waals surface area contributed by atoms with E-state index < -0.39 is 0 Å². The Morgan fingerprint density at radius 1 is 1.70 bits per heavy atom. The van der Waals surface area contributed by atoms with Crippen molar-refractivity contribution in [3.63, 3.8) is 0 Å². The summed E-state index contributed by atoms with van der Waals surface area (Å²) >= 11 is 0. The monoisotopic (exact) mass is 147 g/mol. The van der Waals surface area contributed by atoms with Gasteiger partial charge in [-0.1, -0.05) is 13.3 Å². The first-order valence-corrected chi connectivity index (χ1v) is 3.25. The largest absolute Gasteiger partial charge is 0.569 e. The van der Waals surface area contributed by atoms with Crippen LogP contribution in [0.3, 0.4) is 0 Å². The molecule has 0 aromatic carbocycles. The minimum Gasteiger partial charge on any atom is -0.569 e. The molecule has 5 nitrogen and oxygen atoms in total. The van der Waals surface area contributed by atoms with Crippen LogP contribution in [0.1, 0.15) is 19.8 Å². The summed E-state index contributed by atoms with van der Waals surface area (Å²) in [5.41, 5.74) is 0. The van der Waals surface area contributed by atoms with E-state index in [2.05, 4.69) is 5.28 Å². The molecule has 10 heavy (non-hydrogen) atoms. The highest BCUT2D eigenvalue weighted by Crippen LogP contribution is 1.91. The Bertz CT molecular complexity index is 115. The van der Waals surface area contributed by atoms with E-state index >= 15 is 0 Å². The maximum Gasteiger partial charge on any atom is 0.230 e. The van der Waals surface area contributed by atoms with Gasteiger partial charge in [0.15, 0.2) is 0 Å². The summed E-state index contributed by atoms with van der Waals surface area (Å²) in [7, 11) is 1.57. The molecule has 0 fully saturated rings. The smallest absolute Gasteiger partial charge is 0.230 e. The molecule has 0 aromatic rings. The summed E-state index contributed by atoms with van der Waals surface area (Å²) in [5.74, 6) is 0. The third-order valence-corrected chi connectivity index (χ3v) is 1.20. The Kier molecular flexibility index (Phi) is 4.36. The molecule has 0 aliphatic rings. The molecule has 0 unspecified atom stereocenters. The number of rotatable bonds is 4. The molecule has 0 saturated carbocycles. The van der Waals surface area contributed by atoms with Gasteiger partial charge < -0.3 is 10.4 Å². The lowest BCUT2D eigenvalue weighted by Crippen LogP contribution is -2.26. The average Bonchev–Trinajstić information content (AvgIpc) is 1.98. The van der Waals surface area contributed by atoms with Gasteiger partial charge in [-0.05, 0) is 6.42 Å². The third kappa shape index (κ3) is 3.11. The normalized spacial score (nSPS) is 11.6. The lowest BCUT2D eigenvalue weighted by atomic mass is 10.3. The molecule has 0 amide bonds. The standard InChI is InChI=1S/C5H13N3O2/c1-3-4-5-7(2)8(10)6-9/h9H,3-5H2,1-2H3/b8-6+. The molecule has 0 saturated heterocycles. The number of unbranched alkanes of at least 4 members (excludes halogenated alkanes) is 1. The summed E-state index contributed by atoms with van der Waals surface area (Å²) in [6.07, 6.45) is 1.94. The van der Waals surface area contributed by atoms with Gasteiger partial charge in [0.2, 0.25) is 5.28 Å². The zero-order valence-corrected chi connectivity index (χ0v) is 6.32. The van der Waals surface area contributed by atoms with Crippen LogP contribution in [0.5, 0.6) is 0 Å². The number of hydrazine groups is 1. The van der Waals surface area contributed by atoms with Crippen molar-refractivity contribution < 1.29 is 10.2 Å². The molecule has 0 aliphatic carbocycles. The summed E-state index contributed by atoms with van der Waals surface area (Å²) in [5, 5.41) is 22.2. The quantitative estimate of drug-likeness (QED) is 0.366. The second kappa shape index (κ2) is 4.84. The maximum atomic E-state index is 10.4. The van der Waals surface area contributed by atoms with Crippen LogP contribution in [0.2, 0.25) is 0 Å². The predicted octanol–water partition coefficient (Wildman–Crippen LogP) is 0.985. The van der Waals surface area contributed by atoms with Crippen LogP contribution in [0.4, 0.5) is 0 Å². The van der Waals surface area contributed by atoms with Crippen molar-refractivity contribution in [1.29, 1.82) is 0 Å². The highest BCUT2D eigenvalue weighted by Gasteiger charge is 2.02. The zero-order chi connectivity index (χ0) is 7.98.